The topological polar surface area (TPSA) is 38.3 Å². The lowest BCUT2D eigenvalue weighted by atomic mass is 9.97. The number of cyclic esters (lactones) is 1. The molecule has 80 valence electrons. The van der Waals surface area contributed by atoms with Gasteiger partial charge in [-0.25, -0.2) is 4.79 Å². The van der Waals surface area contributed by atoms with Gasteiger partial charge in [-0.15, -0.1) is 12.4 Å². The van der Waals surface area contributed by atoms with Crippen molar-refractivity contribution in [2.24, 2.45) is 0 Å². The predicted molar refractivity (Wildman–Crippen MR) is 56.5 cm³/mol. The van der Waals surface area contributed by atoms with Crippen LogP contribution in [-0.4, -0.2) is 25.2 Å². The molecule has 0 amide bonds. The lowest BCUT2D eigenvalue weighted by molar-refractivity contribution is -0.138. The number of halogens is 1. The Hall–Kier alpha value is -0.540. The fourth-order valence-corrected chi connectivity index (χ4v) is 1.99. The van der Waals surface area contributed by atoms with Crippen LogP contribution in [0.4, 0.5) is 0 Å². The standard InChI is InChI=1S/C10H15NO2.ClH/c1-7-6-9(10(12)13-7)8-2-4-11-5-3-8;/h7,11H,2-6H2,1H3;1H. The van der Waals surface area contributed by atoms with Crippen molar-refractivity contribution in [2.45, 2.75) is 32.3 Å². The molecule has 2 aliphatic heterocycles. The molecule has 3 nitrogen and oxygen atoms in total. The van der Waals surface area contributed by atoms with Crippen molar-refractivity contribution in [2.75, 3.05) is 13.1 Å². The second-order valence-corrected chi connectivity index (χ2v) is 3.75. The maximum absolute atomic E-state index is 11.4. The second-order valence-electron chi connectivity index (χ2n) is 3.75. The molecule has 0 bridgehead atoms. The van der Waals surface area contributed by atoms with E-state index in [1.54, 1.807) is 0 Å². The van der Waals surface area contributed by atoms with Gasteiger partial charge in [0.05, 0.1) is 0 Å². The van der Waals surface area contributed by atoms with E-state index in [1.807, 2.05) is 6.92 Å². The third kappa shape index (κ3) is 2.28. The molecule has 0 aromatic rings. The van der Waals surface area contributed by atoms with Crippen LogP contribution < -0.4 is 5.32 Å². The SMILES string of the molecule is CC1CC(=C2CCNCC2)C(=O)O1.Cl. The highest BCUT2D eigenvalue weighted by molar-refractivity contribution is 5.91. The molecule has 0 spiro atoms. The summed E-state index contributed by atoms with van der Waals surface area (Å²) in [6.45, 7) is 3.95. The molecule has 2 aliphatic rings. The lowest BCUT2D eigenvalue weighted by Crippen LogP contribution is -2.24. The van der Waals surface area contributed by atoms with Gasteiger partial charge in [0, 0.05) is 12.0 Å². The number of esters is 1. The number of hydrogen-bond donors (Lipinski definition) is 1. The molecule has 1 unspecified atom stereocenters. The van der Waals surface area contributed by atoms with Crippen molar-refractivity contribution in [3.05, 3.63) is 11.1 Å². The van der Waals surface area contributed by atoms with Crippen LogP contribution in [-0.2, 0) is 9.53 Å². The molecule has 2 fully saturated rings. The van der Waals surface area contributed by atoms with Gasteiger partial charge in [-0.3, -0.25) is 0 Å². The van der Waals surface area contributed by atoms with Crippen LogP contribution in [0.3, 0.4) is 0 Å². The highest BCUT2D eigenvalue weighted by Crippen LogP contribution is 2.27. The van der Waals surface area contributed by atoms with Gasteiger partial charge in [-0.1, -0.05) is 5.57 Å². The van der Waals surface area contributed by atoms with Gasteiger partial charge in [0.15, 0.2) is 0 Å². The summed E-state index contributed by atoms with van der Waals surface area (Å²) in [5.41, 5.74) is 2.27. The molecule has 2 saturated heterocycles. The molecule has 1 N–H and O–H groups in total. The summed E-state index contributed by atoms with van der Waals surface area (Å²) in [5.74, 6) is -0.0793. The van der Waals surface area contributed by atoms with E-state index in [-0.39, 0.29) is 24.5 Å². The third-order valence-electron chi connectivity index (χ3n) is 2.68. The predicted octanol–water partition coefficient (Wildman–Crippen LogP) is 1.42. The normalized spacial score (nSPS) is 27.2. The molecule has 2 heterocycles. The summed E-state index contributed by atoms with van der Waals surface area (Å²) in [7, 11) is 0. The Bertz CT molecular complexity index is 255. The Balaban J connectivity index is 0.000000980. The average molecular weight is 218 g/mol. The minimum Gasteiger partial charge on any atom is -0.459 e. The van der Waals surface area contributed by atoms with Crippen molar-refractivity contribution in [1.29, 1.82) is 0 Å². The van der Waals surface area contributed by atoms with Crippen LogP contribution in [0.25, 0.3) is 0 Å². The van der Waals surface area contributed by atoms with Crippen molar-refractivity contribution < 1.29 is 9.53 Å². The summed E-state index contributed by atoms with van der Waals surface area (Å²) in [6.07, 6.45) is 2.92. The minimum absolute atomic E-state index is 0. The van der Waals surface area contributed by atoms with E-state index in [1.165, 1.54) is 5.57 Å². The first-order chi connectivity index (χ1) is 6.27. The zero-order valence-corrected chi connectivity index (χ0v) is 9.15. The first kappa shape index (κ1) is 11.5. The number of piperidine rings is 1. The van der Waals surface area contributed by atoms with Crippen LogP contribution >= 0.6 is 12.4 Å². The van der Waals surface area contributed by atoms with Crippen LogP contribution in [0.1, 0.15) is 26.2 Å². The monoisotopic (exact) mass is 217 g/mol. The Morgan fingerprint density at radius 2 is 2.00 bits per heavy atom. The van der Waals surface area contributed by atoms with Gasteiger partial charge in [0.2, 0.25) is 0 Å². The van der Waals surface area contributed by atoms with Gasteiger partial charge < -0.3 is 10.1 Å². The number of carbonyl (C=O) groups is 1. The Morgan fingerprint density at radius 3 is 2.50 bits per heavy atom. The van der Waals surface area contributed by atoms with Crippen LogP contribution in [0.5, 0.6) is 0 Å². The number of rotatable bonds is 0. The summed E-state index contributed by atoms with van der Waals surface area (Å²) in [4.78, 5) is 11.4. The maximum atomic E-state index is 11.4. The van der Waals surface area contributed by atoms with Gasteiger partial charge in [-0.2, -0.15) is 0 Å². The summed E-state index contributed by atoms with van der Waals surface area (Å²) < 4.78 is 5.11. The second kappa shape index (κ2) is 4.80. The first-order valence-electron chi connectivity index (χ1n) is 4.90. The fraction of sp³-hybridized carbons (Fsp3) is 0.700. The molecule has 4 heteroatoms. The largest absolute Gasteiger partial charge is 0.459 e. The Morgan fingerprint density at radius 1 is 1.36 bits per heavy atom. The first-order valence-corrected chi connectivity index (χ1v) is 4.90. The molecule has 0 aliphatic carbocycles. The molecular formula is C10H16ClNO2. The van der Waals surface area contributed by atoms with Crippen molar-refractivity contribution in [3.63, 3.8) is 0 Å². The summed E-state index contributed by atoms with van der Waals surface area (Å²) in [5, 5.41) is 3.28. The fourth-order valence-electron chi connectivity index (χ4n) is 1.99. The van der Waals surface area contributed by atoms with Crippen molar-refractivity contribution in [3.8, 4) is 0 Å². The molecule has 0 saturated carbocycles. The van der Waals surface area contributed by atoms with Gasteiger partial charge in [0.1, 0.15) is 6.10 Å². The zero-order chi connectivity index (χ0) is 9.26. The highest BCUT2D eigenvalue weighted by Gasteiger charge is 2.28. The molecule has 0 aromatic heterocycles. The Labute approximate surface area is 90.3 Å². The number of nitrogens with one attached hydrogen (secondary N) is 1. The van der Waals surface area contributed by atoms with Crippen LogP contribution in [0.2, 0.25) is 0 Å². The van der Waals surface area contributed by atoms with E-state index >= 15 is 0 Å². The van der Waals surface area contributed by atoms with Crippen LogP contribution in [0.15, 0.2) is 11.1 Å². The number of hydrogen-bond acceptors (Lipinski definition) is 3. The van der Waals surface area contributed by atoms with Gasteiger partial charge >= 0.3 is 5.97 Å². The van der Waals surface area contributed by atoms with E-state index < -0.39 is 0 Å². The highest BCUT2D eigenvalue weighted by atomic mass is 35.5. The summed E-state index contributed by atoms with van der Waals surface area (Å²) >= 11 is 0. The van der Waals surface area contributed by atoms with E-state index in [2.05, 4.69) is 5.32 Å². The van der Waals surface area contributed by atoms with E-state index in [9.17, 15) is 4.79 Å². The minimum atomic E-state index is -0.0793. The lowest BCUT2D eigenvalue weighted by Gasteiger charge is -2.16. The average Bonchev–Trinajstić information content (AvgIpc) is 2.47. The molecule has 0 radical (unpaired) electrons. The van der Waals surface area contributed by atoms with E-state index in [0.29, 0.717) is 0 Å². The quantitative estimate of drug-likeness (QED) is 0.493. The Kier molecular flexibility index (Phi) is 3.96. The van der Waals surface area contributed by atoms with Crippen LogP contribution in [0, 0.1) is 0 Å². The van der Waals surface area contributed by atoms with Crippen molar-refractivity contribution >= 4 is 18.4 Å². The van der Waals surface area contributed by atoms with E-state index in [0.717, 1.165) is 37.9 Å². The molecule has 0 aromatic carbocycles. The smallest absolute Gasteiger partial charge is 0.334 e. The van der Waals surface area contributed by atoms with Gasteiger partial charge in [0.25, 0.3) is 0 Å². The molecule has 2 rings (SSSR count). The summed E-state index contributed by atoms with van der Waals surface area (Å²) in [6, 6.07) is 0. The van der Waals surface area contributed by atoms with E-state index in [4.69, 9.17) is 4.74 Å². The zero-order valence-electron chi connectivity index (χ0n) is 8.34. The number of carbonyl (C=O) groups excluding carboxylic acids is 1. The third-order valence-corrected chi connectivity index (χ3v) is 2.68. The molecule has 14 heavy (non-hydrogen) atoms. The maximum Gasteiger partial charge on any atom is 0.334 e. The molecular weight excluding hydrogens is 202 g/mol. The van der Waals surface area contributed by atoms with Crippen molar-refractivity contribution in [1.82, 2.24) is 5.32 Å². The number of ether oxygens (including phenoxy) is 1. The van der Waals surface area contributed by atoms with Gasteiger partial charge in [-0.05, 0) is 32.9 Å². The molecule has 1 atom stereocenters.